The number of esters is 9. The molecule has 7 rings (SSSR count). The standard InChI is InChI=1S/2C23H43NO6.2C16H20O6.C14H11NO2.C13H18O2.C10H14/c2*1-6-9-13-19(7-2)18-30-20(25)14-11-10-12-16-29-22(27)24-15-17-28-21(26)23(4,5)8-3;2*1-4-16(2,3)15(20)22-10-9-21-14(19)12-8-6-5-7-11(12)13(17)18;1-2-15-13(16)10-7-3-5-9-6-4-8-11(12(9)10)14(15)17;1-4-13(2,3)12(14)15-10-11-8-6-5-7-9-11;1-3-9(2)10-7-5-4-6-8-10/h2*19H,6-18H2,1-5H3,(H,24,27);2*5-8H,4,9-10H2,1-3H3,(H,17,18);3-8H,2H2,1H3;5-9H,4,10H2,1-3H3;4-9H,3H2,1-2H3. The van der Waals surface area contributed by atoms with Gasteiger partial charge in [-0.3, -0.25) is 48.1 Å². The minimum Gasteiger partial charge on any atom is -0.478 e. The van der Waals surface area contributed by atoms with Gasteiger partial charge in [-0.05, 0) is 237 Å². The van der Waals surface area contributed by atoms with Gasteiger partial charge in [0.1, 0.15) is 46.2 Å². The molecular weight excluding hydrogens is 1870 g/mol. The van der Waals surface area contributed by atoms with Gasteiger partial charge in [0, 0.05) is 35.9 Å². The monoisotopic (exact) mass is 2040 g/mol. The zero-order valence-corrected chi connectivity index (χ0v) is 91.0. The number of carbonyl (C=O) groups is 15. The number of rotatable bonds is 55. The highest BCUT2D eigenvalue weighted by Gasteiger charge is 2.34. The van der Waals surface area contributed by atoms with Crippen molar-refractivity contribution in [2.45, 2.75) is 306 Å². The van der Waals surface area contributed by atoms with Crippen molar-refractivity contribution in [1.29, 1.82) is 0 Å². The van der Waals surface area contributed by atoms with E-state index in [1.165, 1.54) is 66.1 Å². The molecule has 146 heavy (non-hydrogen) atoms. The van der Waals surface area contributed by atoms with Crippen LogP contribution in [0.25, 0.3) is 10.8 Å². The smallest absolute Gasteiger partial charge is 0.407 e. The average molecular weight is 2040 g/mol. The van der Waals surface area contributed by atoms with Gasteiger partial charge in [-0.1, -0.05) is 224 Å². The van der Waals surface area contributed by atoms with Crippen LogP contribution in [0.1, 0.15) is 373 Å². The lowest BCUT2D eigenvalue weighted by Gasteiger charge is -2.25. The number of hydrogen-bond donors (Lipinski definition) is 4. The number of carboxylic acid groups (broad SMARTS) is 2. The van der Waals surface area contributed by atoms with E-state index in [1.54, 1.807) is 52.0 Å². The SMILES string of the molecule is CCC(C)(C)C(=O)OCCOC(=O)c1ccccc1C(=O)O.CCC(C)(C)C(=O)OCCOC(=O)c1ccccc1C(=O)O.CCC(C)(C)C(=O)OCc1ccccc1.CCC(C)c1ccccc1.CCCCC(CC)COC(=O)CCCCCOC(=O)NCCOC(=O)C(C)(C)CC.CCCCC(CC)COC(=O)CCCCCOC(=O)NCCOC(=O)C(C)(C)CC.CCN1C(=O)c2cccc3cccc(c23)C1=O. The third-order valence-electron chi connectivity index (χ3n) is 25.2. The molecule has 4 N–H and O–H groups in total. The van der Waals surface area contributed by atoms with E-state index >= 15 is 0 Å². The Balaban J connectivity index is 0.000000869. The molecule has 4 amide bonds. The summed E-state index contributed by atoms with van der Waals surface area (Å²) < 4.78 is 56.3. The summed E-state index contributed by atoms with van der Waals surface area (Å²) >= 11 is 0. The quantitative estimate of drug-likeness (QED) is 0.0119. The second-order valence-corrected chi connectivity index (χ2v) is 38.5. The Morgan fingerprint density at radius 2 is 0.664 bits per heavy atom. The molecule has 0 saturated carbocycles. The number of amides is 4. The maximum absolute atomic E-state index is 12.1. The molecule has 0 radical (unpaired) electrons. The highest BCUT2D eigenvalue weighted by molar-refractivity contribution is 6.25. The maximum Gasteiger partial charge on any atom is 0.407 e. The highest BCUT2D eigenvalue weighted by atomic mass is 16.6. The van der Waals surface area contributed by atoms with Crippen molar-refractivity contribution in [3.63, 3.8) is 0 Å². The fourth-order valence-corrected chi connectivity index (χ4v) is 12.7. The van der Waals surface area contributed by atoms with Crippen LogP contribution in [0.5, 0.6) is 0 Å². The van der Waals surface area contributed by atoms with Crippen molar-refractivity contribution in [3.05, 3.63) is 190 Å². The van der Waals surface area contributed by atoms with Gasteiger partial charge in [0.25, 0.3) is 11.8 Å². The van der Waals surface area contributed by atoms with Gasteiger partial charge in [-0.25, -0.2) is 28.8 Å². The number of aromatic carboxylic acids is 2. The van der Waals surface area contributed by atoms with Gasteiger partial charge < -0.3 is 73.0 Å². The van der Waals surface area contributed by atoms with Gasteiger partial charge in [0.2, 0.25) is 0 Å². The molecule has 1 aliphatic rings. The van der Waals surface area contributed by atoms with E-state index in [1.807, 2.05) is 138 Å². The number of carbonyl (C=O) groups excluding carboxylic acids is 13. The number of alkyl carbamates (subject to hydrolysis) is 2. The molecule has 0 saturated heterocycles. The summed E-state index contributed by atoms with van der Waals surface area (Å²) in [6.45, 7) is 45.3. The number of hydrogen-bond acceptors (Lipinski definition) is 26. The third kappa shape index (κ3) is 52.0. The molecule has 0 aliphatic carbocycles. The van der Waals surface area contributed by atoms with Gasteiger partial charge in [0.05, 0.1) is 88.8 Å². The fourth-order valence-electron chi connectivity index (χ4n) is 12.7. The van der Waals surface area contributed by atoms with E-state index in [0.717, 1.165) is 87.0 Å². The number of ether oxygens (including phenoxy) is 11. The van der Waals surface area contributed by atoms with Crippen molar-refractivity contribution in [3.8, 4) is 0 Å². The number of imide groups is 1. The van der Waals surface area contributed by atoms with Crippen molar-refractivity contribution < 1.29 is 134 Å². The molecule has 0 fully saturated rings. The van der Waals surface area contributed by atoms with E-state index in [0.29, 0.717) is 120 Å². The molecule has 31 heteroatoms. The predicted octanol–water partition coefficient (Wildman–Crippen LogP) is 23.9. The first-order valence-electron chi connectivity index (χ1n) is 51.7. The molecule has 3 unspecified atom stereocenters. The summed E-state index contributed by atoms with van der Waals surface area (Å²) in [6.07, 6.45) is 17.8. The largest absolute Gasteiger partial charge is 0.478 e. The Morgan fingerprint density at radius 3 is 0.993 bits per heavy atom. The summed E-state index contributed by atoms with van der Waals surface area (Å²) in [7, 11) is 0. The molecule has 1 aliphatic heterocycles. The lowest BCUT2D eigenvalue weighted by Crippen LogP contribution is -2.39. The third-order valence-corrected chi connectivity index (χ3v) is 25.2. The molecule has 1 heterocycles. The van der Waals surface area contributed by atoms with E-state index < -0.39 is 57.7 Å². The second-order valence-electron chi connectivity index (χ2n) is 38.5. The molecule has 0 bridgehead atoms. The van der Waals surface area contributed by atoms with Crippen LogP contribution in [0.3, 0.4) is 0 Å². The Morgan fingerprint density at radius 1 is 0.336 bits per heavy atom. The molecule has 812 valence electrons. The lowest BCUT2D eigenvalue weighted by molar-refractivity contribution is -0.156. The summed E-state index contributed by atoms with van der Waals surface area (Å²) in [5, 5.41) is 24.8. The fraction of sp³-hybridized carbons (Fsp3) is 0.574. The summed E-state index contributed by atoms with van der Waals surface area (Å²) in [6, 6.07) is 43.0. The number of benzene rings is 6. The van der Waals surface area contributed by atoms with Crippen LogP contribution in [-0.2, 0) is 92.3 Å². The number of carboxylic acids is 2. The number of nitrogens with zero attached hydrogens (tertiary/aromatic N) is 1. The van der Waals surface area contributed by atoms with E-state index in [-0.39, 0.29) is 134 Å². The van der Waals surface area contributed by atoms with E-state index in [4.69, 9.17) is 62.3 Å². The molecule has 3 atom stereocenters. The topological polar surface area (TPSA) is 425 Å². The normalized spacial score (nSPS) is 12.0. The maximum atomic E-state index is 12.1. The highest BCUT2D eigenvalue weighted by Crippen LogP contribution is 2.32. The van der Waals surface area contributed by atoms with Crippen LogP contribution in [0.2, 0.25) is 0 Å². The molecule has 6 aromatic carbocycles. The Labute approximate surface area is 866 Å². The van der Waals surface area contributed by atoms with Crippen molar-refractivity contribution in [2.24, 2.45) is 38.9 Å². The Kier molecular flexibility index (Phi) is 65.4. The van der Waals surface area contributed by atoms with Crippen LogP contribution >= 0.6 is 0 Å². The summed E-state index contributed by atoms with van der Waals surface area (Å²) in [5.74, 6) is -4.39. The predicted molar refractivity (Wildman–Crippen MR) is 562 cm³/mol. The minimum absolute atomic E-state index is 0.0322. The Hall–Kier alpha value is -12.6. The molecular formula is C115H169N3O28. The second kappa shape index (κ2) is 72.7. The first kappa shape index (κ1) is 131. The van der Waals surface area contributed by atoms with Gasteiger partial charge >= 0.3 is 77.8 Å². The molecule has 6 aromatic rings. The van der Waals surface area contributed by atoms with Gasteiger partial charge in [-0.15, -0.1) is 0 Å². The van der Waals surface area contributed by atoms with Gasteiger partial charge in [-0.2, -0.15) is 0 Å². The number of nitrogens with one attached hydrogen (secondary N) is 2. The van der Waals surface area contributed by atoms with Crippen LogP contribution in [-0.4, -0.2) is 190 Å². The average Bonchev–Trinajstić information content (AvgIpc) is 0.748. The van der Waals surface area contributed by atoms with Crippen LogP contribution in [0, 0.1) is 38.9 Å². The van der Waals surface area contributed by atoms with Crippen molar-refractivity contribution in [1.82, 2.24) is 15.5 Å². The zero-order valence-electron chi connectivity index (χ0n) is 91.0. The zero-order chi connectivity index (χ0) is 110. The van der Waals surface area contributed by atoms with E-state index in [2.05, 4.69) is 82.5 Å². The van der Waals surface area contributed by atoms with Crippen LogP contribution < -0.4 is 10.6 Å². The van der Waals surface area contributed by atoms with Gasteiger partial charge in [0.15, 0.2) is 0 Å². The van der Waals surface area contributed by atoms with Crippen molar-refractivity contribution >= 4 is 100 Å². The first-order valence-corrected chi connectivity index (χ1v) is 51.7. The summed E-state index contributed by atoms with van der Waals surface area (Å²) in [4.78, 5) is 177. The number of unbranched alkanes of at least 4 members (excludes halogenated alkanes) is 6. The minimum atomic E-state index is -1.20. The lowest BCUT2D eigenvalue weighted by atomic mass is 9.91. The first-order chi connectivity index (χ1) is 69.2. The van der Waals surface area contributed by atoms with E-state index in [9.17, 15) is 71.9 Å². The van der Waals surface area contributed by atoms with Crippen molar-refractivity contribution in [2.75, 3.05) is 85.7 Å². The molecule has 31 nitrogen and oxygen atoms in total. The molecule has 0 aromatic heterocycles. The molecule has 0 spiro atoms. The summed E-state index contributed by atoms with van der Waals surface area (Å²) in [5.41, 5.74) is 0.828. The Bertz CT molecular complexity index is 4690. The van der Waals surface area contributed by atoms with Crippen LogP contribution in [0.15, 0.2) is 146 Å². The van der Waals surface area contributed by atoms with Crippen LogP contribution in [0.4, 0.5) is 9.59 Å².